The summed E-state index contributed by atoms with van der Waals surface area (Å²) < 4.78 is 31.8. The van der Waals surface area contributed by atoms with Gasteiger partial charge in [-0.05, 0) is 53.9 Å². The zero-order valence-corrected chi connectivity index (χ0v) is 17.3. The summed E-state index contributed by atoms with van der Waals surface area (Å²) in [5, 5.41) is 0. The molecule has 0 radical (unpaired) electrons. The normalized spacial score (nSPS) is 12.0. The maximum Gasteiger partial charge on any atom is 0.250 e. The number of ketones is 1. The first kappa shape index (κ1) is 21.7. The highest BCUT2D eigenvalue weighted by Crippen LogP contribution is 2.34. The number of nitrogen functional groups attached to an aromatic ring is 1. The number of benzene rings is 2. The van der Waals surface area contributed by atoms with Gasteiger partial charge in [-0.25, -0.2) is 8.78 Å². The number of anilines is 1. The molecule has 0 fully saturated rings. The van der Waals surface area contributed by atoms with Crippen molar-refractivity contribution in [3.63, 3.8) is 0 Å². The lowest BCUT2D eigenvalue weighted by atomic mass is 9.89. The topological polar surface area (TPSA) is 77.1 Å². The van der Waals surface area contributed by atoms with Gasteiger partial charge < -0.3 is 10.3 Å². The smallest absolute Gasteiger partial charge is 0.250 e. The number of halogens is 2. The summed E-state index contributed by atoms with van der Waals surface area (Å²) in [5.74, 6) is -1.72. The third-order valence-electron chi connectivity index (χ3n) is 4.98. The highest BCUT2D eigenvalue weighted by molar-refractivity contribution is 7.78. The van der Waals surface area contributed by atoms with Gasteiger partial charge in [0.05, 0.1) is 5.69 Å². The van der Waals surface area contributed by atoms with Gasteiger partial charge in [0.2, 0.25) is 0 Å². The molecule has 2 aromatic carbocycles. The molecule has 0 saturated carbocycles. The molecule has 1 atom stereocenters. The standard InChI is InChI=1S/C22H21F2N3O2S/c1-3-20(26-30)15-10-21(28)27(2)11-17(15)14-9-19(25)18(24)8-16(14)22(29)12-4-6-13(23)7-5-12/h4-11,20,26,30H,3,25H2,1-2H3. The molecule has 8 heteroatoms. The fraction of sp³-hybridized carbons (Fsp3) is 0.182. The molecule has 5 nitrogen and oxygen atoms in total. The number of hydrogen-bond acceptors (Lipinski definition) is 5. The van der Waals surface area contributed by atoms with E-state index in [9.17, 15) is 18.4 Å². The van der Waals surface area contributed by atoms with Crippen molar-refractivity contribution in [3.05, 3.63) is 87.3 Å². The number of carbonyl (C=O) groups excluding carboxylic acids is 1. The zero-order valence-electron chi connectivity index (χ0n) is 16.4. The SMILES string of the molecule is CCC(NS)c1cc(=O)n(C)cc1-c1cc(N)c(F)cc1C(=O)c1ccc(F)cc1. The van der Waals surface area contributed by atoms with Crippen LogP contribution in [0.4, 0.5) is 14.5 Å². The van der Waals surface area contributed by atoms with Gasteiger partial charge in [-0.1, -0.05) is 19.7 Å². The minimum absolute atomic E-state index is 0.0576. The minimum atomic E-state index is -0.741. The summed E-state index contributed by atoms with van der Waals surface area (Å²) in [6, 6.07) is 8.60. The maximum absolute atomic E-state index is 14.3. The average Bonchev–Trinajstić information content (AvgIpc) is 2.73. The van der Waals surface area contributed by atoms with E-state index >= 15 is 0 Å². The second kappa shape index (κ2) is 8.81. The van der Waals surface area contributed by atoms with Crippen molar-refractivity contribution in [2.75, 3.05) is 5.73 Å². The fourth-order valence-corrected chi connectivity index (χ4v) is 3.62. The van der Waals surface area contributed by atoms with Gasteiger partial charge in [-0.3, -0.25) is 14.3 Å². The van der Waals surface area contributed by atoms with Crippen LogP contribution in [0.3, 0.4) is 0 Å². The van der Waals surface area contributed by atoms with Gasteiger partial charge in [-0.2, -0.15) is 0 Å². The van der Waals surface area contributed by atoms with Crippen LogP contribution in [0.5, 0.6) is 0 Å². The molecular weight excluding hydrogens is 408 g/mol. The molecule has 0 amide bonds. The summed E-state index contributed by atoms with van der Waals surface area (Å²) >= 11 is 4.15. The molecule has 3 N–H and O–H groups in total. The summed E-state index contributed by atoms with van der Waals surface area (Å²) in [6.45, 7) is 1.92. The number of nitrogens with zero attached hydrogens (tertiary/aromatic N) is 1. The van der Waals surface area contributed by atoms with Crippen molar-refractivity contribution in [2.24, 2.45) is 7.05 Å². The monoisotopic (exact) mass is 429 g/mol. The first-order valence-electron chi connectivity index (χ1n) is 9.26. The van der Waals surface area contributed by atoms with Crippen LogP contribution in [0.2, 0.25) is 0 Å². The summed E-state index contributed by atoms with van der Waals surface area (Å²) in [6.07, 6.45) is 2.20. The Kier molecular flexibility index (Phi) is 6.38. The summed E-state index contributed by atoms with van der Waals surface area (Å²) in [5.41, 5.74) is 7.22. The number of aryl methyl sites for hydroxylation is 1. The van der Waals surface area contributed by atoms with Crippen LogP contribution in [0.1, 0.15) is 40.9 Å². The third kappa shape index (κ3) is 4.15. The number of thiol groups is 1. The van der Waals surface area contributed by atoms with Crippen molar-refractivity contribution in [1.82, 2.24) is 9.29 Å². The van der Waals surface area contributed by atoms with Crippen molar-refractivity contribution >= 4 is 24.3 Å². The van der Waals surface area contributed by atoms with E-state index in [4.69, 9.17) is 5.73 Å². The van der Waals surface area contributed by atoms with Crippen LogP contribution in [-0.2, 0) is 7.05 Å². The molecule has 156 valence electrons. The van der Waals surface area contributed by atoms with Crippen LogP contribution in [0.25, 0.3) is 11.1 Å². The zero-order chi connectivity index (χ0) is 22.0. The Balaban J connectivity index is 2.30. The molecule has 3 rings (SSSR count). The molecule has 0 aliphatic rings. The second-order valence-electron chi connectivity index (χ2n) is 6.94. The molecule has 30 heavy (non-hydrogen) atoms. The molecule has 0 bridgehead atoms. The molecule has 3 aromatic rings. The summed E-state index contributed by atoms with van der Waals surface area (Å²) in [4.78, 5) is 25.4. The van der Waals surface area contributed by atoms with Gasteiger partial charge in [0.25, 0.3) is 5.56 Å². The molecule has 1 heterocycles. The summed E-state index contributed by atoms with van der Waals surface area (Å²) in [7, 11) is 1.58. The Hall–Kier alpha value is -2.97. The fourth-order valence-electron chi connectivity index (χ4n) is 3.30. The number of pyridine rings is 1. The Morgan fingerprint density at radius 2 is 1.83 bits per heavy atom. The molecule has 1 aromatic heterocycles. The highest BCUT2D eigenvalue weighted by Gasteiger charge is 2.23. The van der Waals surface area contributed by atoms with E-state index in [1.54, 1.807) is 13.2 Å². The van der Waals surface area contributed by atoms with Crippen molar-refractivity contribution < 1.29 is 13.6 Å². The number of hydrogen-bond donors (Lipinski definition) is 3. The van der Waals surface area contributed by atoms with E-state index in [1.165, 1.54) is 28.8 Å². The molecule has 0 aliphatic heterocycles. The van der Waals surface area contributed by atoms with E-state index in [2.05, 4.69) is 17.5 Å². The van der Waals surface area contributed by atoms with Crippen LogP contribution < -0.4 is 16.0 Å². The Morgan fingerprint density at radius 3 is 2.43 bits per heavy atom. The van der Waals surface area contributed by atoms with E-state index in [0.29, 0.717) is 23.1 Å². The minimum Gasteiger partial charge on any atom is -0.396 e. The number of aromatic nitrogens is 1. The lowest BCUT2D eigenvalue weighted by molar-refractivity contribution is 0.103. The van der Waals surface area contributed by atoms with Crippen LogP contribution in [0, 0.1) is 11.6 Å². The van der Waals surface area contributed by atoms with Crippen LogP contribution in [-0.4, -0.2) is 10.4 Å². The van der Waals surface area contributed by atoms with Gasteiger partial charge >= 0.3 is 0 Å². The molecule has 0 saturated heterocycles. The molecule has 1 unspecified atom stereocenters. The van der Waals surface area contributed by atoms with E-state index in [-0.39, 0.29) is 28.4 Å². The molecule has 0 spiro atoms. The number of rotatable bonds is 6. The second-order valence-corrected chi connectivity index (χ2v) is 7.20. The quantitative estimate of drug-likeness (QED) is 0.314. The number of carbonyl (C=O) groups is 1. The number of nitrogens with one attached hydrogen (secondary N) is 1. The van der Waals surface area contributed by atoms with Gasteiger partial charge in [0.15, 0.2) is 5.78 Å². The van der Waals surface area contributed by atoms with Crippen molar-refractivity contribution in [3.8, 4) is 11.1 Å². The predicted octanol–water partition coefficient (Wildman–Crippen LogP) is 4.03. The van der Waals surface area contributed by atoms with Gasteiger partial charge in [0.1, 0.15) is 11.6 Å². The Morgan fingerprint density at radius 1 is 1.17 bits per heavy atom. The van der Waals surface area contributed by atoms with Crippen LogP contribution in [0.15, 0.2) is 53.5 Å². The lowest BCUT2D eigenvalue weighted by Gasteiger charge is -2.21. The number of nitrogens with two attached hydrogens (primary N) is 1. The van der Waals surface area contributed by atoms with Crippen LogP contribution >= 0.6 is 12.8 Å². The van der Waals surface area contributed by atoms with Gasteiger partial charge in [-0.15, -0.1) is 0 Å². The Bertz CT molecular complexity index is 1160. The largest absolute Gasteiger partial charge is 0.396 e. The highest BCUT2D eigenvalue weighted by atomic mass is 32.1. The molecule has 0 aliphatic carbocycles. The van der Waals surface area contributed by atoms with E-state index in [0.717, 1.165) is 18.2 Å². The van der Waals surface area contributed by atoms with E-state index in [1.807, 2.05) is 6.92 Å². The maximum atomic E-state index is 14.3. The average molecular weight is 429 g/mol. The lowest BCUT2D eigenvalue weighted by Crippen LogP contribution is -2.21. The predicted molar refractivity (Wildman–Crippen MR) is 116 cm³/mol. The van der Waals surface area contributed by atoms with E-state index < -0.39 is 17.4 Å². The first-order chi connectivity index (χ1) is 14.3. The van der Waals surface area contributed by atoms with Crippen molar-refractivity contribution in [2.45, 2.75) is 19.4 Å². The Labute approximate surface area is 178 Å². The van der Waals surface area contributed by atoms with Gasteiger partial charge in [0, 0.05) is 42.0 Å². The molecular formula is C22H21F2N3O2S. The third-order valence-corrected chi connectivity index (χ3v) is 5.29. The first-order valence-corrected chi connectivity index (χ1v) is 9.71. The van der Waals surface area contributed by atoms with Crippen molar-refractivity contribution in [1.29, 1.82) is 0 Å².